The minimum absolute atomic E-state index is 0.0274. The Morgan fingerprint density at radius 1 is 0.865 bits per heavy atom. The predicted molar refractivity (Wildman–Crippen MR) is 137 cm³/mol. The van der Waals surface area contributed by atoms with Crippen molar-refractivity contribution >= 4 is 32.5 Å². The van der Waals surface area contributed by atoms with Gasteiger partial charge in [0, 0.05) is 61.1 Å². The second kappa shape index (κ2) is 10.2. The van der Waals surface area contributed by atoms with Gasteiger partial charge in [0.05, 0.1) is 5.52 Å². The Balaban J connectivity index is 1.22. The fraction of sp³-hybridized carbons (Fsp3) is 0.185. The molecule has 0 spiro atoms. The van der Waals surface area contributed by atoms with Gasteiger partial charge < -0.3 is 4.90 Å². The van der Waals surface area contributed by atoms with Gasteiger partial charge in [0.2, 0.25) is 0 Å². The second-order valence-electron chi connectivity index (χ2n) is 8.78. The Kier molecular flexibility index (Phi) is 6.86. The summed E-state index contributed by atoms with van der Waals surface area (Å²) in [6.45, 7) is 1.93. The Bertz CT molecular complexity index is 1530. The highest BCUT2D eigenvalue weighted by Crippen LogP contribution is 2.24. The van der Waals surface area contributed by atoms with Crippen LogP contribution in [0, 0.1) is 11.6 Å². The average Bonchev–Trinajstić information content (AvgIpc) is 2.91. The molecule has 3 aromatic carbocycles. The first-order valence-corrected chi connectivity index (χ1v) is 13.2. The monoisotopic (exact) mass is 522 g/mol. The largest absolute Gasteiger partial charge is 0.336 e. The van der Waals surface area contributed by atoms with E-state index in [2.05, 4.69) is 9.71 Å². The fourth-order valence-corrected chi connectivity index (χ4v) is 5.62. The number of para-hydroxylation sites is 1. The molecule has 10 heteroatoms. The van der Waals surface area contributed by atoms with Gasteiger partial charge in [-0.05, 0) is 48.5 Å². The van der Waals surface area contributed by atoms with Crippen molar-refractivity contribution in [3.8, 4) is 0 Å². The summed E-state index contributed by atoms with van der Waals surface area (Å²) in [6, 6.07) is 18.5. The summed E-state index contributed by atoms with van der Waals surface area (Å²) in [5.74, 6) is -1.35. The molecule has 7 nitrogen and oxygen atoms in total. The van der Waals surface area contributed by atoms with Gasteiger partial charge >= 0.3 is 0 Å². The Labute approximate surface area is 213 Å². The van der Waals surface area contributed by atoms with Gasteiger partial charge in [0.1, 0.15) is 16.5 Å². The number of hydrogen-bond donors (Lipinski definition) is 1. The number of rotatable bonds is 6. The van der Waals surface area contributed by atoms with Crippen LogP contribution in [0.1, 0.15) is 15.9 Å². The van der Waals surface area contributed by atoms with E-state index in [0.717, 1.165) is 0 Å². The van der Waals surface area contributed by atoms with Crippen molar-refractivity contribution in [2.24, 2.45) is 0 Å². The number of carbonyl (C=O) groups is 1. The molecule has 0 atom stereocenters. The van der Waals surface area contributed by atoms with Crippen molar-refractivity contribution in [1.82, 2.24) is 14.8 Å². The number of benzene rings is 3. The number of sulfonamides is 1. The average molecular weight is 523 g/mol. The number of halogens is 2. The van der Waals surface area contributed by atoms with Crippen molar-refractivity contribution in [2.45, 2.75) is 11.4 Å². The molecule has 5 rings (SSSR count). The third-order valence-electron chi connectivity index (χ3n) is 6.37. The third-order valence-corrected chi connectivity index (χ3v) is 7.79. The number of anilines is 1. The first kappa shape index (κ1) is 24.8. The molecule has 37 heavy (non-hydrogen) atoms. The minimum Gasteiger partial charge on any atom is -0.336 e. The van der Waals surface area contributed by atoms with Gasteiger partial charge in [-0.1, -0.05) is 24.3 Å². The predicted octanol–water partition coefficient (Wildman–Crippen LogP) is 4.27. The van der Waals surface area contributed by atoms with E-state index in [1.807, 2.05) is 4.90 Å². The topological polar surface area (TPSA) is 82.6 Å². The van der Waals surface area contributed by atoms with E-state index in [-0.39, 0.29) is 22.9 Å². The highest BCUT2D eigenvalue weighted by molar-refractivity contribution is 7.93. The summed E-state index contributed by atoms with van der Waals surface area (Å²) in [4.78, 5) is 20.8. The lowest BCUT2D eigenvalue weighted by atomic mass is 10.1. The summed E-state index contributed by atoms with van der Waals surface area (Å²) in [6.07, 6.45) is 1.54. The maximum absolute atomic E-state index is 14.0. The molecule has 1 amide bonds. The van der Waals surface area contributed by atoms with E-state index in [0.29, 0.717) is 48.3 Å². The molecule has 1 aliphatic rings. The number of nitrogens with zero attached hydrogens (tertiary/aromatic N) is 3. The summed E-state index contributed by atoms with van der Waals surface area (Å²) in [7, 11) is -3.90. The first-order chi connectivity index (χ1) is 17.8. The van der Waals surface area contributed by atoms with Crippen LogP contribution in [0.2, 0.25) is 0 Å². The van der Waals surface area contributed by atoms with Crippen LogP contribution in [-0.2, 0) is 16.6 Å². The highest BCUT2D eigenvalue weighted by atomic mass is 32.2. The van der Waals surface area contributed by atoms with E-state index in [4.69, 9.17) is 0 Å². The van der Waals surface area contributed by atoms with Crippen LogP contribution < -0.4 is 4.72 Å². The van der Waals surface area contributed by atoms with Crippen LogP contribution in [-0.4, -0.2) is 55.3 Å². The molecule has 0 saturated carbocycles. The van der Waals surface area contributed by atoms with Crippen LogP contribution in [0.4, 0.5) is 14.5 Å². The molecule has 0 radical (unpaired) electrons. The zero-order valence-electron chi connectivity index (χ0n) is 19.8. The van der Waals surface area contributed by atoms with E-state index < -0.39 is 21.7 Å². The maximum Gasteiger partial charge on any atom is 0.264 e. The molecule has 2 heterocycles. The lowest BCUT2D eigenvalue weighted by molar-refractivity contribution is 0.0625. The lowest BCUT2D eigenvalue weighted by Crippen LogP contribution is -2.48. The van der Waals surface area contributed by atoms with E-state index in [1.54, 1.807) is 59.6 Å². The second-order valence-corrected chi connectivity index (χ2v) is 10.4. The molecule has 1 fully saturated rings. The number of hydrogen-bond acceptors (Lipinski definition) is 5. The summed E-state index contributed by atoms with van der Waals surface area (Å²) >= 11 is 0. The number of aromatic nitrogens is 1. The summed E-state index contributed by atoms with van der Waals surface area (Å²) < 4.78 is 56.5. The third kappa shape index (κ3) is 5.30. The zero-order chi connectivity index (χ0) is 26.0. The van der Waals surface area contributed by atoms with Gasteiger partial charge in [-0.15, -0.1) is 0 Å². The van der Waals surface area contributed by atoms with Crippen molar-refractivity contribution < 1.29 is 22.0 Å². The molecule has 190 valence electrons. The molecule has 1 saturated heterocycles. The maximum atomic E-state index is 14.0. The number of fused-ring (bicyclic) bond motifs is 1. The molecule has 0 aliphatic carbocycles. The minimum atomic E-state index is -3.90. The smallest absolute Gasteiger partial charge is 0.264 e. The standard InChI is InChI=1S/C27H24F2N4O3S/c28-23-6-2-7-24(29)22(23)18-32-14-16-33(17-15-32)27(34)20-9-11-21(12-10-20)31-37(35,36)25-8-1-4-19-5-3-13-30-26(19)25/h1-13,31H,14-18H2. The van der Waals surface area contributed by atoms with Gasteiger partial charge in [-0.3, -0.25) is 19.4 Å². The number of amides is 1. The Hall–Kier alpha value is -3.89. The highest BCUT2D eigenvalue weighted by Gasteiger charge is 2.24. The van der Waals surface area contributed by atoms with Crippen LogP contribution >= 0.6 is 0 Å². The van der Waals surface area contributed by atoms with E-state index in [1.165, 1.54) is 24.3 Å². The number of piperazine rings is 1. The fourth-order valence-electron chi connectivity index (χ4n) is 4.38. The van der Waals surface area contributed by atoms with Gasteiger partial charge in [0.15, 0.2) is 0 Å². The van der Waals surface area contributed by atoms with Crippen LogP contribution in [0.25, 0.3) is 10.9 Å². The summed E-state index contributed by atoms with van der Waals surface area (Å²) in [5.41, 5.74) is 1.14. The quantitative estimate of drug-likeness (QED) is 0.409. The molecule has 4 aromatic rings. The number of nitrogens with one attached hydrogen (secondary N) is 1. The van der Waals surface area contributed by atoms with Gasteiger partial charge in [-0.25, -0.2) is 17.2 Å². The van der Waals surface area contributed by atoms with Gasteiger partial charge in [-0.2, -0.15) is 0 Å². The molecular weight excluding hydrogens is 498 g/mol. The van der Waals surface area contributed by atoms with Crippen molar-refractivity contribution in [1.29, 1.82) is 0 Å². The zero-order valence-corrected chi connectivity index (χ0v) is 20.6. The Morgan fingerprint density at radius 3 is 2.22 bits per heavy atom. The van der Waals surface area contributed by atoms with E-state index in [9.17, 15) is 22.0 Å². The van der Waals surface area contributed by atoms with Crippen molar-refractivity contribution in [3.05, 3.63) is 102 Å². The Morgan fingerprint density at radius 2 is 1.51 bits per heavy atom. The number of carbonyl (C=O) groups excluding carboxylic acids is 1. The van der Waals surface area contributed by atoms with Crippen LogP contribution in [0.5, 0.6) is 0 Å². The number of pyridine rings is 1. The van der Waals surface area contributed by atoms with Crippen LogP contribution in [0.3, 0.4) is 0 Å². The molecular formula is C27H24F2N4O3S. The molecule has 0 bridgehead atoms. The summed E-state index contributed by atoms with van der Waals surface area (Å²) in [5, 5.41) is 0.713. The van der Waals surface area contributed by atoms with Crippen LogP contribution in [0.15, 0.2) is 83.9 Å². The van der Waals surface area contributed by atoms with Gasteiger partial charge in [0.25, 0.3) is 15.9 Å². The lowest BCUT2D eigenvalue weighted by Gasteiger charge is -2.35. The van der Waals surface area contributed by atoms with E-state index >= 15 is 0 Å². The normalized spacial score (nSPS) is 14.6. The molecule has 1 aromatic heterocycles. The van der Waals surface area contributed by atoms with Crippen molar-refractivity contribution in [3.63, 3.8) is 0 Å². The first-order valence-electron chi connectivity index (χ1n) is 11.7. The van der Waals surface area contributed by atoms with Crippen molar-refractivity contribution in [2.75, 3.05) is 30.9 Å². The molecule has 1 aliphatic heterocycles. The molecule has 1 N–H and O–H groups in total. The molecule has 0 unspecified atom stereocenters. The SMILES string of the molecule is O=C(c1ccc(NS(=O)(=O)c2cccc3cccnc23)cc1)N1CCN(Cc2c(F)cccc2F)CC1.